The summed E-state index contributed by atoms with van der Waals surface area (Å²) in [7, 11) is 1.61. The van der Waals surface area contributed by atoms with E-state index in [9.17, 15) is 4.79 Å². The molecule has 0 spiro atoms. The van der Waals surface area contributed by atoms with Crippen LogP contribution in [0.1, 0.15) is 21.7 Å². The van der Waals surface area contributed by atoms with E-state index in [1.54, 1.807) is 19.2 Å². The Bertz CT molecular complexity index is 1190. The molecule has 0 aliphatic carbocycles. The van der Waals surface area contributed by atoms with E-state index in [2.05, 4.69) is 60.8 Å². The lowest BCUT2D eigenvalue weighted by Crippen LogP contribution is -2.25. The first-order chi connectivity index (χ1) is 15.5. The standard InChI is InChI=1S/C25H23NO3.CH2O2/c1-17-4-3-5-20(14-17)19-8-6-18(7-9-19)12-13-26-25(27)24-16-21-15-22(28-2)10-11-23(21)29-24;2-1-3/h3-11,14-16H,12-13H2,1-2H3,(H,26,27);1H,(H,2,3). The molecule has 4 aromatic rings. The summed E-state index contributed by atoms with van der Waals surface area (Å²) in [5, 5.41) is 10.7. The Hall–Kier alpha value is -4.06. The molecular formula is C26H25NO5. The van der Waals surface area contributed by atoms with Crippen molar-refractivity contribution in [3.05, 3.63) is 89.7 Å². The maximum absolute atomic E-state index is 12.4. The van der Waals surface area contributed by atoms with Gasteiger partial charge < -0.3 is 19.6 Å². The molecule has 2 N–H and O–H groups in total. The number of nitrogens with one attached hydrogen (secondary N) is 1. The summed E-state index contributed by atoms with van der Waals surface area (Å²) in [5.74, 6) is 0.832. The second kappa shape index (κ2) is 10.8. The van der Waals surface area contributed by atoms with E-state index >= 15 is 0 Å². The van der Waals surface area contributed by atoms with Gasteiger partial charge >= 0.3 is 0 Å². The summed E-state index contributed by atoms with van der Waals surface area (Å²) in [6.07, 6.45) is 0.758. The molecule has 0 unspecified atom stereocenters. The van der Waals surface area contributed by atoms with Gasteiger partial charge in [-0.1, -0.05) is 54.1 Å². The van der Waals surface area contributed by atoms with Crippen molar-refractivity contribution in [1.82, 2.24) is 5.32 Å². The van der Waals surface area contributed by atoms with Gasteiger partial charge in [-0.05, 0) is 54.3 Å². The lowest BCUT2D eigenvalue weighted by atomic mass is 10.0. The van der Waals surface area contributed by atoms with E-state index in [4.69, 9.17) is 19.1 Å². The molecule has 0 saturated heterocycles. The van der Waals surface area contributed by atoms with E-state index in [1.165, 1.54) is 22.3 Å². The van der Waals surface area contributed by atoms with E-state index < -0.39 is 0 Å². The predicted octanol–water partition coefficient (Wildman–Crippen LogP) is 5.09. The number of ether oxygens (including phenoxy) is 1. The zero-order valence-corrected chi connectivity index (χ0v) is 18.0. The summed E-state index contributed by atoms with van der Waals surface area (Å²) in [4.78, 5) is 20.8. The highest BCUT2D eigenvalue weighted by Crippen LogP contribution is 2.24. The lowest BCUT2D eigenvalue weighted by molar-refractivity contribution is -0.122. The molecule has 0 bridgehead atoms. The monoisotopic (exact) mass is 431 g/mol. The fourth-order valence-corrected chi connectivity index (χ4v) is 3.36. The van der Waals surface area contributed by atoms with Crippen LogP contribution in [0.4, 0.5) is 0 Å². The number of hydrogen-bond donors (Lipinski definition) is 2. The van der Waals surface area contributed by atoms with Crippen molar-refractivity contribution in [3.63, 3.8) is 0 Å². The van der Waals surface area contributed by atoms with Crippen molar-refractivity contribution in [1.29, 1.82) is 0 Å². The number of methoxy groups -OCH3 is 1. The second-order valence-corrected chi connectivity index (χ2v) is 7.19. The van der Waals surface area contributed by atoms with Crippen LogP contribution in [0, 0.1) is 6.92 Å². The Morgan fingerprint density at radius 3 is 2.47 bits per heavy atom. The molecule has 0 radical (unpaired) electrons. The molecule has 0 aliphatic heterocycles. The first kappa shape index (κ1) is 22.6. The number of carbonyl (C=O) groups excluding carboxylic acids is 1. The normalized spacial score (nSPS) is 10.2. The van der Waals surface area contributed by atoms with E-state index in [1.807, 2.05) is 12.1 Å². The van der Waals surface area contributed by atoms with Crippen LogP contribution < -0.4 is 10.1 Å². The third-order valence-corrected chi connectivity index (χ3v) is 4.95. The molecule has 0 fully saturated rings. The number of fused-ring (bicyclic) bond motifs is 1. The third kappa shape index (κ3) is 5.76. The summed E-state index contributed by atoms with van der Waals surface area (Å²) < 4.78 is 10.8. The van der Waals surface area contributed by atoms with Crippen LogP contribution in [-0.2, 0) is 11.2 Å². The summed E-state index contributed by atoms with van der Waals surface area (Å²) >= 11 is 0. The zero-order valence-electron chi connectivity index (χ0n) is 18.0. The molecule has 0 saturated carbocycles. The Balaban J connectivity index is 0.000000913. The van der Waals surface area contributed by atoms with Crippen LogP contribution >= 0.6 is 0 Å². The quantitative estimate of drug-likeness (QED) is 0.415. The van der Waals surface area contributed by atoms with Gasteiger partial charge in [-0.15, -0.1) is 0 Å². The minimum atomic E-state index is -0.250. The van der Waals surface area contributed by atoms with Gasteiger partial charge in [-0.3, -0.25) is 9.59 Å². The Morgan fingerprint density at radius 1 is 1.03 bits per heavy atom. The Labute approximate surface area is 186 Å². The van der Waals surface area contributed by atoms with Gasteiger partial charge in [0.05, 0.1) is 7.11 Å². The maximum atomic E-state index is 12.4. The van der Waals surface area contributed by atoms with Crippen LogP contribution in [0.3, 0.4) is 0 Å². The minimum absolute atomic E-state index is 0.212. The van der Waals surface area contributed by atoms with Crippen molar-refractivity contribution in [2.75, 3.05) is 13.7 Å². The van der Waals surface area contributed by atoms with Gasteiger partial charge in [-0.25, -0.2) is 0 Å². The predicted molar refractivity (Wildman–Crippen MR) is 124 cm³/mol. The smallest absolute Gasteiger partial charge is 0.290 e. The molecule has 6 heteroatoms. The summed E-state index contributed by atoms with van der Waals surface area (Å²) in [5.41, 5.74) is 5.50. The highest BCUT2D eigenvalue weighted by molar-refractivity contribution is 5.96. The van der Waals surface area contributed by atoms with E-state index in [-0.39, 0.29) is 12.4 Å². The molecule has 1 amide bonds. The molecule has 164 valence electrons. The van der Waals surface area contributed by atoms with Crippen LogP contribution in [0.2, 0.25) is 0 Å². The molecule has 32 heavy (non-hydrogen) atoms. The summed E-state index contributed by atoms with van der Waals surface area (Å²) in [6.45, 7) is 2.39. The first-order valence-electron chi connectivity index (χ1n) is 10.1. The van der Waals surface area contributed by atoms with Gasteiger partial charge in [0.25, 0.3) is 12.4 Å². The molecule has 3 aromatic carbocycles. The third-order valence-electron chi connectivity index (χ3n) is 4.95. The van der Waals surface area contributed by atoms with Crippen LogP contribution in [0.5, 0.6) is 5.75 Å². The fourth-order valence-electron chi connectivity index (χ4n) is 3.36. The maximum Gasteiger partial charge on any atom is 0.290 e. The number of benzene rings is 3. The largest absolute Gasteiger partial charge is 0.497 e. The zero-order chi connectivity index (χ0) is 22.9. The molecule has 1 heterocycles. The molecular weight excluding hydrogens is 406 g/mol. The lowest BCUT2D eigenvalue weighted by Gasteiger charge is -2.06. The van der Waals surface area contributed by atoms with Crippen LogP contribution in [0.15, 0.2) is 77.2 Å². The van der Waals surface area contributed by atoms with Crippen molar-refractivity contribution < 1.29 is 23.8 Å². The minimum Gasteiger partial charge on any atom is -0.497 e. The number of hydrogen-bond acceptors (Lipinski definition) is 4. The van der Waals surface area contributed by atoms with Crippen LogP contribution in [0.25, 0.3) is 22.1 Å². The van der Waals surface area contributed by atoms with Gasteiger partial charge in [-0.2, -0.15) is 0 Å². The van der Waals surface area contributed by atoms with Gasteiger partial charge in [0.1, 0.15) is 11.3 Å². The van der Waals surface area contributed by atoms with Crippen molar-refractivity contribution in [2.45, 2.75) is 13.3 Å². The highest BCUT2D eigenvalue weighted by atomic mass is 16.5. The number of amides is 1. The van der Waals surface area contributed by atoms with Gasteiger partial charge in [0.15, 0.2) is 5.76 Å². The Kier molecular flexibility index (Phi) is 7.65. The van der Waals surface area contributed by atoms with Gasteiger partial charge in [0, 0.05) is 11.9 Å². The summed E-state index contributed by atoms with van der Waals surface area (Å²) in [6, 6.07) is 24.1. The number of furan rings is 1. The number of aryl methyl sites for hydroxylation is 1. The van der Waals surface area contributed by atoms with Crippen molar-refractivity contribution in [3.8, 4) is 16.9 Å². The average molecular weight is 431 g/mol. The SMILES string of the molecule is COc1ccc2oc(C(=O)NCCc3ccc(-c4cccc(C)c4)cc3)cc2c1.O=CO. The van der Waals surface area contributed by atoms with Crippen LogP contribution in [-0.4, -0.2) is 31.1 Å². The molecule has 4 rings (SSSR count). The fraction of sp³-hybridized carbons (Fsp3) is 0.154. The average Bonchev–Trinajstić information content (AvgIpc) is 3.23. The number of rotatable bonds is 6. The number of carboxylic acid groups (broad SMARTS) is 1. The number of carbonyl (C=O) groups is 2. The molecule has 6 nitrogen and oxygen atoms in total. The van der Waals surface area contributed by atoms with Gasteiger partial charge in [0.2, 0.25) is 0 Å². The molecule has 1 aromatic heterocycles. The van der Waals surface area contributed by atoms with E-state index in [0.29, 0.717) is 17.9 Å². The highest BCUT2D eigenvalue weighted by Gasteiger charge is 2.12. The second-order valence-electron chi connectivity index (χ2n) is 7.19. The molecule has 0 aliphatic rings. The van der Waals surface area contributed by atoms with E-state index in [0.717, 1.165) is 17.6 Å². The topological polar surface area (TPSA) is 88.8 Å². The van der Waals surface area contributed by atoms with Crippen molar-refractivity contribution >= 4 is 23.3 Å². The molecule has 0 atom stereocenters. The first-order valence-corrected chi connectivity index (χ1v) is 10.1. The Morgan fingerprint density at radius 2 is 1.78 bits per heavy atom. The van der Waals surface area contributed by atoms with Crippen molar-refractivity contribution in [2.24, 2.45) is 0 Å².